The summed E-state index contributed by atoms with van der Waals surface area (Å²) in [5.74, 6) is -1.26. The summed E-state index contributed by atoms with van der Waals surface area (Å²) < 4.78 is 0. The summed E-state index contributed by atoms with van der Waals surface area (Å²) >= 11 is 0. The minimum Gasteiger partial charge on any atom is -0.298 e. The Morgan fingerprint density at radius 2 is 1.53 bits per heavy atom. The number of aryl methyl sites for hydroxylation is 1. The molecule has 0 saturated heterocycles. The lowest BCUT2D eigenvalue weighted by atomic mass is 10.1. The van der Waals surface area contributed by atoms with Crippen molar-refractivity contribution in [3.05, 3.63) is 65.7 Å². The molecule has 2 N–H and O–H groups in total. The minimum absolute atomic E-state index is 0.366. The molecular weight excluding hydrogens is 240 g/mol. The lowest BCUT2D eigenvalue weighted by Crippen LogP contribution is -2.35. The monoisotopic (exact) mass is 254 g/mol. The van der Waals surface area contributed by atoms with Crippen molar-refractivity contribution in [1.29, 1.82) is 0 Å². The fourth-order valence-corrected chi connectivity index (χ4v) is 1.54. The number of ketones is 1. The van der Waals surface area contributed by atoms with Gasteiger partial charge in [-0.15, -0.1) is 0 Å². The van der Waals surface area contributed by atoms with Gasteiger partial charge in [0.25, 0.3) is 5.78 Å². The van der Waals surface area contributed by atoms with Gasteiger partial charge in [0.2, 0.25) is 0 Å². The van der Waals surface area contributed by atoms with Gasteiger partial charge in [-0.25, -0.2) is 0 Å². The van der Waals surface area contributed by atoms with Crippen molar-refractivity contribution < 1.29 is 9.59 Å². The molecule has 0 unspecified atom stereocenters. The molecule has 0 spiro atoms. The first-order chi connectivity index (χ1) is 9.16. The zero-order valence-electron chi connectivity index (χ0n) is 10.5. The summed E-state index contributed by atoms with van der Waals surface area (Å²) in [6, 6.07) is 15.9. The van der Waals surface area contributed by atoms with E-state index in [0.29, 0.717) is 5.56 Å². The first kappa shape index (κ1) is 12.8. The van der Waals surface area contributed by atoms with Crippen molar-refractivity contribution in [1.82, 2.24) is 5.43 Å². The second-order valence-electron chi connectivity index (χ2n) is 4.14. The Morgan fingerprint density at radius 3 is 2.16 bits per heavy atom. The second-order valence-corrected chi connectivity index (χ2v) is 4.14. The lowest BCUT2D eigenvalue weighted by Gasteiger charge is -2.08. The largest absolute Gasteiger partial charge is 0.310 e. The molecular formula is C15H14N2O2. The molecule has 0 radical (unpaired) electrons. The Hall–Kier alpha value is -2.62. The van der Waals surface area contributed by atoms with Crippen LogP contribution in [0.4, 0.5) is 5.69 Å². The Labute approximate surface area is 111 Å². The van der Waals surface area contributed by atoms with Crippen LogP contribution in [0.25, 0.3) is 0 Å². The van der Waals surface area contributed by atoms with Gasteiger partial charge in [0, 0.05) is 5.56 Å². The summed E-state index contributed by atoms with van der Waals surface area (Å²) in [5, 5.41) is 0. The molecule has 2 aromatic rings. The Kier molecular flexibility index (Phi) is 3.93. The van der Waals surface area contributed by atoms with Gasteiger partial charge >= 0.3 is 5.91 Å². The summed E-state index contributed by atoms with van der Waals surface area (Å²) in [5.41, 5.74) is 7.29. The first-order valence-electron chi connectivity index (χ1n) is 5.89. The highest BCUT2D eigenvalue weighted by Gasteiger charge is 2.14. The van der Waals surface area contributed by atoms with E-state index >= 15 is 0 Å². The van der Waals surface area contributed by atoms with Crippen molar-refractivity contribution in [3.8, 4) is 0 Å². The molecule has 0 aliphatic rings. The van der Waals surface area contributed by atoms with Gasteiger partial charge in [0.1, 0.15) is 0 Å². The summed E-state index contributed by atoms with van der Waals surface area (Å²) in [7, 11) is 0. The quantitative estimate of drug-likeness (QED) is 0.500. The summed E-state index contributed by atoms with van der Waals surface area (Å²) in [6.45, 7) is 1.97. The minimum atomic E-state index is -0.688. The van der Waals surface area contributed by atoms with Gasteiger partial charge in [-0.3, -0.25) is 20.4 Å². The molecule has 19 heavy (non-hydrogen) atoms. The zero-order chi connectivity index (χ0) is 13.7. The van der Waals surface area contributed by atoms with Crippen LogP contribution in [0.1, 0.15) is 15.9 Å². The number of rotatable bonds is 4. The van der Waals surface area contributed by atoms with E-state index in [9.17, 15) is 9.59 Å². The first-order valence-corrected chi connectivity index (χ1v) is 5.89. The summed E-state index contributed by atoms with van der Waals surface area (Å²) in [6.07, 6.45) is 0. The fraction of sp³-hybridized carbons (Fsp3) is 0.0667. The molecule has 1 amide bonds. The fourth-order valence-electron chi connectivity index (χ4n) is 1.54. The number of anilines is 1. The average Bonchev–Trinajstić information content (AvgIpc) is 2.46. The topological polar surface area (TPSA) is 58.2 Å². The van der Waals surface area contributed by atoms with Crippen LogP contribution in [0.2, 0.25) is 0 Å². The molecule has 0 aromatic heterocycles. The number of hydrogen-bond donors (Lipinski definition) is 2. The van der Waals surface area contributed by atoms with Crippen LogP contribution in [0.5, 0.6) is 0 Å². The van der Waals surface area contributed by atoms with Crippen LogP contribution in [-0.4, -0.2) is 11.7 Å². The van der Waals surface area contributed by atoms with E-state index in [2.05, 4.69) is 10.9 Å². The molecule has 4 nitrogen and oxygen atoms in total. The van der Waals surface area contributed by atoms with E-state index in [1.165, 1.54) is 0 Å². The molecule has 0 aliphatic heterocycles. The third kappa shape index (κ3) is 3.42. The number of benzene rings is 2. The number of carbonyl (C=O) groups is 2. The van der Waals surface area contributed by atoms with Gasteiger partial charge in [0.15, 0.2) is 0 Å². The maximum atomic E-state index is 11.8. The molecule has 2 aromatic carbocycles. The van der Waals surface area contributed by atoms with Crippen molar-refractivity contribution >= 4 is 17.4 Å². The molecule has 0 saturated carbocycles. The van der Waals surface area contributed by atoms with E-state index < -0.39 is 11.7 Å². The van der Waals surface area contributed by atoms with Crippen molar-refractivity contribution in [2.45, 2.75) is 6.92 Å². The molecule has 0 bridgehead atoms. The van der Waals surface area contributed by atoms with Gasteiger partial charge in [-0.1, -0.05) is 48.0 Å². The molecule has 96 valence electrons. The van der Waals surface area contributed by atoms with E-state index in [4.69, 9.17) is 0 Å². The van der Waals surface area contributed by atoms with Crippen LogP contribution in [-0.2, 0) is 4.79 Å². The number of hydrazine groups is 1. The number of nitrogens with one attached hydrogen (secondary N) is 2. The van der Waals surface area contributed by atoms with Crippen LogP contribution in [0.3, 0.4) is 0 Å². The zero-order valence-corrected chi connectivity index (χ0v) is 10.5. The highest BCUT2D eigenvalue weighted by Crippen LogP contribution is 2.07. The number of amides is 1. The van der Waals surface area contributed by atoms with E-state index in [0.717, 1.165) is 11.3 Å². The van der Waals surface area contributed by atoms with Crippen LogP contribution in [0.15, 0.2) is 54.6 Å². The van der Waals surface area contributed by atoms with Crippen molar-refractivity contribution in [3.63, 3.8) is 0 Å². The Balaban J connectivity index is 1.95. The van der Waals surface area contributed by atoms with Crippen molar-refractivity contribution in [2.75, 3.05) is 5.43 Å². The van der Waals surface area contributed by atoms with Gasteiger partial charge in [-0.2, -0.15) is 0 Å². The SMILES string of the molecule is Cc1ccc(NNC(=O)C(=O)c2ccccc2)cc1. The maximum Gasteiger partial charge on any atom is 0.310 e. The standard InChI is InChI=1S/C15H14N2O2/c1-11-7-9-13(10-8-11)16-17-15(19)14(18)12-5-3-2-4-6-12/h2-10,16H,1H3,(H,17,19). The van der Waals surface area contributed by atoms with Crippen LogP contribution >= 0.6 is 0 Å². The number of Topliss-reactive ketones (excluding diaryl/α,β-unsaturated/α-hetero) is 1. The number of hydrogen-bond acceptors (Lipinski definition) is 3. The van der Waals surface area contributed by atoms with E-state index in [-0.39, 0.29) is 0 Å². The van der Waals surface area contributed by atoms with Crippen molar-refractivity contribution in [2.24, 2.45) is 0 Å². The third-order valence-corrected chi connectivity index (χ3v) is 2.61. The normalized spacial score (nSPS) is 9.74. The van der Waals surface area contributed by atoms with E-state index in [1.807, 2.05) is 31.2 Å². The van der Waals surface area contributed by atoms with Crippen LogP contribution in [0, 0.1) is 6.92 Å². The summed E-state index contributed by atoms with van der Waals surface area (Å²) in [4.78, 5) is 23.4. The van der Waals surface area contributed by atoms with Gasteiger partial charge in [-0.05, 0) is 19.1 Å². The average molecular weight is 254 g/mol. The lowest BCUT2D eigenvalue weighted by molar-refractivity contribution is -0.116. The molecule has 2 rings (SSSR count). The highest BCUT2D eigenvalue weighted by atomic mass is 16.2. The van der Waals surface area contributed by atoms with Gasteiger partial charge < -0.3 is 0 Å². The van der Waals surface area contributed by atoms with E-state index in [1.54, 1.807) is 30.3 Å². The van der Waals surface area contributed by atoms with Crippen LogP contribution < -0.4 is 10.9 Å². The number of carbonyl (C=O) groups excluding carboxylic acids is 2. The second kappa shape index (κ2) is 5.82. The van der Waals surface area contributed by atoms with Gasteiger partial charge in [0.05, 0.1) is 5.69 Å². The third-order valence-electron chi connectivity index (χ3n) is 2.61. The highest BCUT2D eigenvalue weighted by molar-refractivity contribution is 6.42. The molecule has 0 fully saturated rings. The molecule has 4 heteroatoms. The molecule has 0 aliphatic carbocycles. The predicted octanol–water partition coefficient (Wildman–Crippen LogP) is 2.32. The molecule has 0 heterocycles. The Bertz CT molecular complexity index is 577. The predicted molar refractivity (Wildman–Crippen MR) is 73.7 cm³/mol. The smallest absolute Gasteiger partial charge is 0.298 e. The maximum absolute atomic E-state index is 11.8. The Morgan fingerprint density at radius 1 is 0.895 bits per heavy atom. The molecule has 0 atom stereocenters.